The fourth-order valence-corrected chi connectivity index (χ4v) is 3.04. The van der Waals surface area contributed by atoms with Gasteiger partial charge in [0.25, 0.3) is 0 Å². The molecule has 2 aromatic carbocycles. The largest absolute Gasteiger partial charge is 0.494 e. The second kappa shape index (κ2) is 7.45. The van der Waals surface area contributed by atoms with Crippen LogP contribution in [0.15, 0.2) is 42.5 Å². The molecule has 1 aliphatic rings. The van der Waals surface area contributed by atoms with E-state index in [-0.39, 0.29) is 11.3 Å². The van der Waals surface area contributed by atoms with Crippen molar-refractivity contribution < 1.29 is 28.3 Å². The first-order valence-electron chi connectivity index (χ1n) is 8.92. The standard InChI is InChI=1S/C20H23BFNO5/c1-19(2)20(3,12-23-15-6-5-7-16(26-4)17(15)22)28-21(27-19)14-10-8-13(9-11-14)18(24)25/h5-11,23H,12H2,1-4H3,(H,24,25). The summed E-state index contributed by atoms with van der Waals surface area (Å²) < 4.78 is 31.7. The van der Waals surface area contributed by atoms with Crippen molar-refractivity contribution >= 4 is 24.2 Å². The maximum Gasteiger partial charge on any atom is 0.494 e. The molecule has 3 rings (SSSR count). The first-order chi connectivity index (χ1) is 13.2. The summed E-state index contributed by atoms with van der Waals surface area (Å²) in [6, 6.07) is 11.3. The molecule has 1 aliphatic heterocycles. The zero-order valence-electron chi connectivity index (χ0n) is 16.3. The molecule has 0 aromatic heterocycles. The van der Waals surface area contributed by atoms with Crippen LogP contribution in [0.1, 0.15) is 31.1 Å². The topological polar surface area (TPSA) is 77.0 Å². The highest BCUT2D eigenvalue weighted by Gasteiger charge is 2.54. The molecule has 0 amide bonds. The van der Waals surface area contributed by atoms with Gasteiger partial charge in [-0.1, -0.05) is 18.2 Å². The highest BCUT2D eigenvalue weighted by molar-refractivity contribution is 6.62. The number of carboxylic acid groups (broad SMARTS) is 1. The molecule has 28 heavy (non-hydrogen) atoms. The van der Waals surface area contributed by atoms with E-state index < -0.39 is 30.1 Å². The van der Waals surface area contributed by atoms with Crippen molar-refractivity contribution in [1.82, 2.24) is 0 Å². The number of rotatable bonds is 6. The molecule has 0 radical (unpaired) electrons. The minimum Gasteiger partial charge on any atom is -0.494 e. The lowest BCUT2D eigenvalue weighted by Crippen LogP contribution is -2.50. The number of aromatic carboxylic acids is 1. The van der Waals surface area contributed by atoms with Gasteiger partial charge in [0.2, 0.25) is 0 Å². The van der Waals surface area contributed by atoms with Crippen molar-refractivity contribution in [2.45, 2.75) is 32.0 Å². The number of carboxylic acids is 1. The van der Waals surface area contributed by atoms with E-state index in [0.717, 1.165) is 5.46 Å². The van der Waals surface area contributed by atoms with Gasteiger partial charge in [-0.25, -0.2) is 9.18 Å². The van der Waals surface area contributed by atoms with Crippen LogP contribution < -0.4 is 15.5 Å². The summed E-state index contributed by atoms with van der Waals surface area (Å²) in [4.78, 5) is 11.0. The molecule has 1 atom stereocenters. The van der Waals surface area contributed by atoms with Gasteiger partial charge in [-0.2, -0.15) is 0 Å². The van der Waals surface area contributed by atoms with Gasteiger partial charge in [-0.3, -0.25) is 0 Å². The van der Waals surface area contributed by atoms with Gasteiger partial charge in [-0.05, 0) is 50.5 Å². The molecule has 2 aromatic rings. The second-order valence-electron chi connectivity index (χ2n) is 7.41. The molecule has 0 aliphatic carbocycles. The van der Waals surface area contributed by atoms with Crippen molar-refractivity contribution in [2.75, 3.05) is 19.0 Å². The summed E-state index contributed by atoms with van der Waals surface area (Å²) in [5.41, 5.74) is -0.216. The number of halogens is 1. The molecular formula is C20H23BFNO5. The summed E-state index contributed by atoms with van der Waals surface area (Å²) in [6.07, 6.45) is 0. The number of hydrogen-bond acceptors (Lipinski definition) is 5. The van der Waals surface area contributed by atoms with Gasteiger partial charge in [0.15, 0.2) is 11.6 Å². The fraction of sp³-hybridized carbons (Fsp3) is 0.350. The van der Waals surface area contributed by atoms with Gasteiger partial charge >= 0.3 is 13.1 Å². The Labute approximate surface area is 163 Å². The van der Waals surface area contributed by atoms with E-state index in [1.54, 1.807) is 30.3 Å². The monoisotopic (exact) mass is 387 g/mol. The number of nitrogens with one attached hydrogen (secondary N) is 1. The minimum absolute atomic E-state index is 0.161. The third-order valence-corrected chi connectivity index (χ3v) is 5.27. The molecule has 0 spiro atoms. The second-order valence-corrected chi connectivity index (χ2v) is 7.41. The van der Waals surface area contributed by atoms with Gasteiger partial charge < -0.3 is 24.5 Å². The first-order valence-corrected chi connectivity index (χ1v) is 8.92. The first kappa shape index (κ1) is 20.2. The Morgan fingerprint density at radius 1 is 1.18 bits per heavy atom. The summed E-state index contributed by atoms with van der Waals surface area (Å²) >= 11 is 0. The Balaban J connectivity index is 1.76. The smallest absolute Gasteiger partial charge is 0.494 e. The van der Waals surface area contributed by atoms with Crippen LogP contribution in [-0.4, -0.2) is 43.1 Å². The molecule has 1 unspecified atom stereocenters. The van der Waals surface area contributed by atoms with E-state index >= 15 is 0 Å². The Morgan fingerprint density at radius 2 is 1.86 bits per heavy atom. The predicted molar refractivity (Wildman–Crippen MR) is 105 cm³/mol. The fourth-order valence-electron chi connectivity index (χ4n) is 3.04. The molecule has 1 heterocycles. The minimum atomic E-state index is -0.991. The zero-order valence-corrected chi connectivity index (χ0v) is 16.3. The third-order valence-electron chi connectivity index (χ3n) is 5.27. The van der Waals surface area contributed by atoms with E-state index in [9.17, 15) is 9.18 Å². The number of carbonyl (C=O) groups is 1. The van der Waals surface area contributed by atoms with Crippen LogP contribution in [0, 0.1) is 5.82 Å². The molecule has 148 valence electrons. The molecule has 0 bridgehead atoms. The lowest BCUT2D eigenvalue weighted by molar-refractivity contribution is 0.00123. The molecule has 2 N–H and O–H groups in total. The summed E-state index contributed by atoms with van der Waals surface area (Å²) in [5.74, 6) is -1.30. The Bertz CT molecular complexity index is 873. The summed E-state index contributed by atoms with van der Waals surface area (Å²) in [6.45, 7) is 6.00. The van der Waals surface area contributed by atoms with E-state index in [1.165, 1.54) is 19.2 Å². The van der Waals surface area contributed by atoms with Crippen molar-refractivity contribution in [3.63, 3.8) is 0 Å². The lowest BCUT2D eigenvalue weighted by atomic mass is 9.79. The van der Waals surface area contributed by atoms with Crippen LogP contribution in [0.4, 0.5) is 10.1 Å². The normalized spacial score (nSPS) is 20.8. The van der Waals surface area contributed by atoms with Gasteiger partial charge in [0.1, 0.15) is 0 Å². The number of methoxy groups -OCH3 is 1. The SMILES string of the molecule is COc1cccc(NCC2(C)OB(c3ccc(C(=O)O)cc3)OC2(C)C)c1F. The molecule has 1 fully saturated rings. The van der Waals surface area contributed by atoms with Crippen LogP contribution in [0.5, 0.6) is 5.75 Å². The van der Waals surface area contributed by atoms with Crippen molar-refractivity contribution in [1.29, 1.82) is 0 Å². The van der Waals surface area contributed by atoms with Crippen LogP contribution >= 0.6 is 0 Å². The number of anilines is 1. The van der Waals surface area contributed by atoms with E-state index in [1.807, 2.05) is 20.8 Å². The van der Waals surface area contributed by atoms with E-state index in [4.69, 9.17) is 19.2 Å². The van der Waals surface area contributed by atoms with Crippen LogP contribution in [-0.2, 0) is 9.31 Å². The van der Waals surface area contributed by atoms with E-state index in [0.29, 0.717) is 12.2 Å². The maximum absolute atomic E-state index is 14.4. The highest BCUT2D eigenvalue weighted by atomic mass is 19.1. The molecule has 1 saturated heterocycles. The highest BCUT2D eigenvalue weighted by Crippen LogP contribution is 2.37. The van der Waals surface area contributed by atoms with Gasteiger partial charge in [0.05, 0.1) is 29.6 Å². The van der Waals surface area contributed by atoms with Crippen molar-refractivity contribution in [2.24, 2.45) is 0 Å². The Morgan fingerprint density at radius 3 is 2.46 bits per heavy atom. The van der Waals surface area contributed by atoms with Gasteiger partial charge in [0, 0.05) is 6.54 Å². The predicted octanol–water partition coefficient (Wildman–Crippen LogP) is 2.92. The molecule has 0 saturated carbocycles. The van der Waals surface area contributed by atoms with Crippen LogP contribution in [0.3, 0.4) is 0 Å². The van der Waals surface area contributed by atoms with Crippen molar-refractivity contribution in [3.05, 3.63) is 53.8 Å². The third kappa shape index (κ3) is 3.70. The number of benzene rings is 2. The molecule has 6 nitrogen and oxygen atoms in total. The van der Waals surface area contributed by atoms with Crippen LogP contribution in [0.25, 0.3) is 0 Å². The average Bonchev–Trinajstić information content (AvgIpc) is 2.90. The van der Waals surface area contributed by atoms with E-state index in [2.05, 4.69) is 5.32 Å². The van der Waals surface area contributed by atoms with Crippen molar-refractivity contribution in [3.8, 4) is 5.75 Å². The maximum atomic E-state index is 14.4. The number of hydrogen-bond donors (Lipinski definition) is 2. The number of ether oxygens (including phenoxy) is 1. The average molecular weight is 387 g/mol. The quantitative estimate of drug-likeness (QED) is 0.743. The Kier molecular flexibility index (Phi) is 5.36. The molecular weight excluding hydrogens is 364 g/mol. The summed E-state index contributed by atoms with van der Waals surface area (Å²) in [5, 5.41) is 12.1. The molecule has 8 heteroatoms. The zero-order chi connectivity index (χ0) is 20.5. The lowest BCUT2D eigenvalue weighted by Gasteiger charge is -2.36. The van der Waals surface area contributed by atoms with Crippen LogP contribution in [0.2, 0.25) is 0 Å². The Hall–Kier alpha value is -2.58. The summed E-state index contributed by atoms with van der Waals surface area (Å²) in [7, 11) is 0.764. The van der Waals surface area contributed by atoms with Gasteiger partial charge in [-0.15, -0.1) is 0 Å².